The molecule has 2 aromatic heterocycles. The maximum Gasteiger partial charge on any atom is 0.238 e. The van der Waals surface area contributed by atoms with Crippen LogP contribution in [-0.4, -0.2) is 30.9 Å². The lowest BCUT2D eigenvalue weighted by atomic mass is 10.4. The van der Waals surface area contributed by atoms with Crippen molar-refractivity contribution in [2.45, 2.75) is 24.3 Å². The summed E-state index contributed by atoms with van der Waals surface area (Å²) in [6, 6.07) is 1.52. The van der Waals surface area contributed by atoms with Crippen LogP contribution in [0.3, 0.4) is 0 Å². The molecule has 0 aromatic carbocycles. The number of carbonyl (C=O) groups is 1. The third-order valence-electron chi connectivity index (χ3n) is 2.75. The molecule has 0 spiro atoms. The molecule has 112 valence electrons. The zero-order valence-electron chi connectivity index (χ0n) is 11.6. The summed E-state index contributed by atoms with van der Waals surface area (Å²) in [6.07, 6.45) is 1.42. The number of hydrogen-bond donors (Lipinski definition) is 1. The molecule has 0 unspecified atom stereocenters. The molecule has 6 nitrogen and oxygen atoms in total. The van der Waals surface area contributed by atoms with Gasteiger partial charge < -0.3 is 9.88 Å². The van der Waals surface area contributed by atoms with E-state index >= 15 is 0 Å². The number of nitrogens with one attached hydrogen (secondary N) is 1. The number of carbonyl (C=O) groups excluding carboxylic acids is 1. The Morgan fingerprint density at radius 2 is 2.14 bits per heavy atom. The van der Waals surface area contributed by atoms with Crippen LogP contribution in [0.1, 0.15) is 12.7 Å². The molecule has 0 aliphatic rings. The number of aryl methyl sites for hydroxylation is 1. The van der Waals surface area contributed by atoms with Gasteiger partial charge in [0, 0.05) is 13.2 Å². The first-order valence-corrected chi connectivity index (χ1v) is 7.66. The van der Waals surface area contributed by atoms with Crippen molar-refractivity contribution >= 4 is 46.7 Å². The highest BCUT2D eigenvalue weighted by molar-refractivity contribution is 8.00. The largest absolute Gasteiger partial charge is 0.309 e. The van der Waals surface area contributed by atoms with Crippen molar-refractivity contribution < 1.29 is 4.79 Å². The van der Waals surface area contributed by atoms with Crippen LogP contribution < -0.4 is 5.32 Å². The van der Waals surface area contributed by atoms with E-state index in [1.165, 1.54) is 24.0 Å². The minimum absolute atomic E-state index is 0.225. The summed E-state index contributed by atoms with van der Waals surface area (Å²) in [5.41, 5.74) is 0. The molecule has 1 amide bonds. The topological polar surface area (TPSA) is 72.7 Å². The second kappa shape index (κ2) is 6.64. The maximum atomic E-state index is 12.2. The molecule has 2 heterocycles. The molecule has 0 saturated heterocycles. The van der Waals surface area contributed by atoms with E-state index in [-0.39, 0.29) is 17.0 Å². The molecule has 0 radical (unpaired) electrons. The van der Waals surface area contributed by atoms with Crippen molar-refractivity contribution in [3.05, 3.63) is 28.1 Å². The zero-order chi connectivity index (χ0) is 15.6. The van der Waals surface area contributed by atoms with Crippen LogP contribution in [0.2, 0.25) is 10.0 Å². The minimum Gasteiger partial charge on any atom is -0.309 e. The number of rotatable bonds is 4. The molecule has 1 N–H and O–H groups in total. The van der Waals surface area contributed by atoms with Crippen molar-refractivity contribution in [1.82, 2.24) is 19.7 Å². The lowest BCUT2D eigenvalue weighted by molar-refractivity contribution is -0.115. The Kier molecular flexibility index (Phi) is 5.08. The van der Waals surface area contributed by atoms with Gasteiger partial charge in [-0.05, 0) is 19.9 Å². The molecular formula is C12H13Cl2N5OS. The van der Waals surface area contributed by atoms with E-state index in [0.717, 1.165) is 5.82 Å². The molecule has 0 bridgehead atoms. The number of nitrogens with zero attached hydrogens (tertiary/aromatic N) is 4. The van der Waals surface area contributed by atoms with E-state index in [4.69, 9.17) is 23.2 Å². The summed E-state index contributed by atoms with van der Waals surface area (Å²) in [5.74, 6) is 0.845. The first kappa shape index (κ1) is 16.1. The summed E-state index contributed by atoms with van der Waals surface area (Å²) in [7, 11) is 1.85. The molecule has 21 heavy (non-hydrogen) atoms. The maximum absolute atomic E-state index is 12.2. The Morgan fingerprint density at radius 3 is 2.71 bits per heavy atom. The summed E-state index contributed by atoms with van der Waals surface area (Å²) in [4.78, 5) is 16.1. The van der Waals surface area contributed by atoms with Crippen LogP contribution in [0.25, 0.3) is 0 Å². The first-order valence-electron chi connectivity index (χ1n) is 6.03. The summed E-state index contributed by atoms with van der Waals surface area (Å²) in [6.45, 7) is 3.62. The molecule has 0 saturated carbocycles. The van der Waals surface area contributed by atoms with Crippen LogP contribution in [0, 0.1) is 6.92 Å². The van der Waals surface area contributed by atoms with Gasteiger partial charge >= 0.3 is 0 Å². The fourth-order valence-corrected chi connectivity index (χ4v) is 2.71. The highest BCUT2D eigenvalue weighted by atomic mass is 35.5. The normalized spacial score (nSPS) is 12.2. The Bertz CT molecular complexity index is 676. The molecule has 2 aromatic rings. The molecular weight excluding hydrogens is 333 g/mol. The Balaban J connectivity index is 2.04. The van der Waals surface area contributed by atoms with Gasteiger partial charge in [-0.15, -0.1) is 10.2 Å². The number of hydrogen-bond acceptors (Lipinski definition) is 5. The highest BCUT2D eigenvalue weighted by Crippen LogP contribution is 2.25. The predicted molar refractivity (Wildman–Crippen MR) is 83.9 cm³/mol. The smallest absolute Gasteiger partial charge is 0.238 e. The SMILES string of the molecule is Cc1nnc(S[C@@H](C)C(=O)Nc2ncc(Cl)cc2Cl)n1C. The van der Waals surface area contributed by atoms with Gasteiger partial charge in [0.2, 0.25) is 5.91 Å². The van der Waals surface area contributed by atoms with Gasteiger partial charge in [-0.2, -0.15) is 0 Å². The van der Waals surface area contributed by atoms with Crippen LogP contribution in [0.4, 0.5) is 5.82 Å². The average Bonchev–Trinajstić information content (AvgIpc) is 2.73. The van der Waals surface area contributed by atoms with Crippen molar-refractivity contribution in [3.8, 4) is 0 Å². The third kappa shape index (κ3) is 3.87. The lowest BCUT2D eigenvalue weighted by Gasteiger charge is -2.11. The summed E-state index contributed by atoms with van der Waals surface area (Å²) in [5, 5.41) is 11.6. The Morgan fingerprint density at radius 1 is 1.43 bits per heavy atom. The Hall–Kier alpha value is -1.31. The van der Waals surface area contributed by atoms with E-state index in [9.17, 15) is 4.79 Å². The van der Waals surface area contributed by atoms with E-state index in [1.807, 2.05) is 18.5 Å². The average molecular weight is 346 g/mol. The monoisotopic (exact) mass is 345 g/mol. The second-order valence-electron chi connectivity index (χ2n) is 4.32. The van der Waals surface area contributed by atoms with Crippen molar-refractivity contribution in [2.75, 3.05) is 5.32 Å². The molecule has 1 atom stereocenters. The predicted octanol–water partition coefficient (Wildman–Crippen LogP) is 2.94. The van der Waals surface area contributed by atoms with Crippen LogP contribution >= 0.6 is 35.0 Å². The fraction of sp³-hybridized carbons (Fsp3) is 0.333. The third-order valence-corrected chi connectivity index (χ3v) is 4.38. The number of thioether (sulfide) groups is 1. The fourth-order valence-electron chi connectivity index (χ4n) is 1.43. The van der Waals surface area contributed by atoms with Gasteiger partial charge in [-0.1, -0.05) is 35.0 Å². The Labute approximate surface area is 136 Å². The van der Waals surface area contributed by atoms with Gasteiger partial charge in [-0.25, -0.2) is 4.98 Å². The van der Waals surface area contributed by atoms with Crippen molar-refractivity contribution in [2.24, 2.45) is 7.05 Å². The van der Waals surface area contributed by atoms with Crippen molar-refractivity contribution in [3.63, 3.8) is 0 Å². The highest BCUT2D eigenvalue weighted by Gasteiger charge is 2.19. The number of aromatic nitrogens is 4. The van der Waals surface area contributed by atoms with Gasteiger partial charge in [0.15, 0.2) is 11.0 Å². The standard InChI is InChI=1S/C12H13Cl2N5OS/c1-6(21-12-18-17-7(2)19(12)3)11(20)16-10-9(14)4-8(13)5-15-10/h4-6H,1-3H3,(H,15,16,20)/t6-/m0/s1. The van der Waals surface area contributed by atoms with Crippen molar-refractivity contribution in [1.29, 1.82) is 0 Å². The summed E-state index contributed by atoms with van der Waals surface area (Å²) >= 11 is 13.0. The number of pyridine rings is 1. The van der Waals surface area contributed by atoms with Gasteiger partial charge in [0.05, 0.1) is 15.3 Å². The van der Waals surface area contributed by atoms with E-state index in [0.29, 0.717) is 15.2 Å². The van der Waals surface area contributed by atoms with E-state index in [2.05, 4.69) is 20.5 Å². The second-order valence-corrected chi connectivity index (χ2v) is 6.47. The number of amides is 1. The molecule has 2 rings (SSSR count). The zero-order valence-corrected chi connectivity index (χ0v) is 13.9. The van der Waals surface area contributed by atoms with Gasteiger partial charge in [0.1, 0.15) is 5.82 Å². The number of anilines is 1. The van der Waals surface area contributed by atoms with Gasteiger partial charge in [0.25, 0.3) is 0 Å². The van der Waals surface area contributed by atoms with Crippen LogP contribution in [0.5, 0.6) is 0 Å². The first-order chi connectivity index (χ1) is 9.88. The molecule has 0 aliphatic heterocycles. The lowest BCUT2D eigenvalue weighted by Crippen LogP contribution is -2.23. The quantitative estimate of drug-likeness (QED) is 0.862. The number of halogens is 2. The molecule has 9 heteroatoms. The van der Waals surface area contributed by atoms with Crippen LogP contribution in [-0.2, 0) is 11.8 Å². The molecule has 0 aliphatic carbocycles. The summed E-state index contributed by atoms with van der Waals surface area (Å²) < 4.78 is 1.82. The van der Waals surface area contributed by atoms with Gasteiger partial charge in [-0.3, -0.25) is 4.79 Å². The van der Waals surface area contributed by atoms with E-state index in [1.54, 1.807) is 6.92 Å². The van der Waals surface area contributed by atoms with Crippen LogP contribution in [0.15, 0.2) is 17.4 Å². The molecule has 0 fully saturated rings. The van der Waals surface area contributed by atoms with E-state index < -0.39 is 0 Å². The minimum atomic E-state index is -0.374.